The third-order valence-electron chi connectivity index (χ3n) is 6.97. The number of benzene rings is 1. The van der Waals surface area contributed by atoms with Crippen LogP contribution in [0.2, 0.25) is 0 Å². The number of imidazole rings is 1. The molecule has 0 spiro atoms. The molecule has 3 aliphatic rings. The summed E-state index contributed by atoms with van der Waals surface area (Å²) in [6.45, 7) is 9.33. The van der Waals surface area contributed by atoms with Crippen LogP contribution in [0.5, 0.6) is 0 Å². The number of rotatable bonds is 6. The number of urea groups is 1. The quantitative estimate of drug-likeness (QED) is 0.614. The molecule has 9 nitrogen and oxygen atoms in total. The van der Waals surface area contributed by atoms with Gasteiger partial charge in [0.15, 0.2) is 0 Å². The number of amides is 3. The highest BCUT2D eigenvalue weighted by atomic mass is 16.5. The fraction of sp³-hybridized carbons (Fsp3) is 0.440. The Hall–Kier alpha value is -3.30. The van der Waals surface area contributed by atoms with Gasteiger partial charge in [-0.05, 0) is 19.4 Å². The molecule has 1 aromatic heterocycles. The molecule has 1 unspecified atom stereocenters. The first kappa shape index (κ1) is 22.5. The van der Waals surface area contributed by atoms with Crippen LogP contribution in [-0.4, -0.2) is 83.5 Å². The Morgan fingerprint density at radius 1 is 1.15 bits per heavy atom. The molecular formula is C25H31N6O3+. The number of ether oxygens (including phenoxy) is 1. The fourth-order valence-electron chi connectivity index (χ4n) is 4.86. The zero-order valence-corrected chi connectivity index (χ0v) is 20.0. The number of likely N-dealkylation sites (N-methyl/N-ethyl adjacent to an activating group) is 1. The summed E-state index contributed by atoms with van der Waals surface area (Å²) in [5, 5.41) is 0. The molecule has 2 fully saturated rings. The number of amidine groups is 1. The van der Waals surface area contributed by atoms with E-state index in [1.807, 2.05) is 54.0 Å². The second-order valence-corrected chi connectivity index (χ2v) is 8.92. The van der Waals surface area contributed by atoms with Gasteiger partial charge in [0.05, 0.1) is 19.8 Å². The van der Waals surface area contributed by atoms with E-state index in [4.69, 9.17) is 9.73 Å². The first-order valence-electron chi connectivity index (χ1n) is 11.8. The van der Waals surface area contributed by atoms with Gasteiger partial charge in [0, 0.05) is 33.2 Å². The third kappa shape index (κ3) is 3.84. The lowest BCUT2D eigenvalue weighted by atomic mass is 10.1. The fourth-order valence-corrected chi connectivity index (χ4v) is 4.86. The average molecular weight is 464 g/mol. The topological polar surface area (TPSA) is 74.3 Å². The number of hydrogen-bond acceptors (Lipinski definition) is 5. The van der Waals surface area contributed by atoms with Gasteiger partial charge in [-0.15, -0.1) is 0 Å². The molecule has 5 rings (SSSR count). The maximum absolute atomic E-state index is 13.6. The van der Waals surface area contributed by atoms with E-state index in [0.717, 1.165) is 62.3 Å². The van der Waals surface area contributed by atoms with Crippen LogP contribution in [-0.2, 0) is 16.1 Å². The van der Waals surface area contributed by atoms with E-state index in [1.165, 1.54) is 9.80 Å². The zero-order chi connectivity index (χ0) is 23.8. The maximum Gasteiger partial charge on any atom is 0.402 e. The van der Waals surface area contributed by atoms with Crippen molar-refractivity contribution in [2.24, 2.45) is 4.99 Å². The van der Waals surface area contributed by atoms with E-state index >= 15 is 0 Å². The van der Waals surface area contributed by atoms with Gasteiger partial charge in [-0.1, -0.05) is 47.5 Å². The summed E-state index contributed by atoms with van der Waals surface area (Å²) < 4.78 is 9.61. The van der Waals surface area contributed by atoms with Gasteiger partial charge in [-0.25, -0.2) is 13.9 Å². The predicted octanol–water partition coefficient (Wildman–Crippen LogP) is 1.92. The molecule has 3 amide bonds. The van der Waals surface area contributed by atoms with E-state index in [9.17, 15) is 9.59 Å². The molecule has 34 heavy (non-hydrogen) atoms. The number of imide groups is 1. The van der Waals surface area contributed by atoms with Crippen LogP contribution in [0.15, 0.2) is 41.4 Å². The summed E-state index contributed by atoms with van der Waals surface area (Å²) in [5.41, 5.74) is 3.11. The molecule has 0 aliphatic carbocycles. The van der Waals surface area contributed by atoms with Crippen LogP contribution in [0.1, 0.15) is 23.0 Å². The Labute approximate surface area is 199 Å². The second kappa shape index (κ2) is 9.15. The van der Waals surface area contributed by atoms with Crippen LogP contribution in [0.4, 0.5) is 10.7 Å². The maximum atomic E-state index is 13.6. The smallest absolute Gasteiger partial charge is 0.379 e. The van der Waals surface area contributed by atoms with Crippen molar-refractivity contribution in [3.8, 4) is 0 Å². The molecule has 2 saturated heterocycles. The minimum absolute atomic E-state index is 0.215. The predicted molar refractivity (Wildman–Crippen MR) is 128 cm³/mol. The normalized spacial score (nSPS) is 20.8. The van der Waals surface area contributed by atoms with Crippen LogP contribution >= 0.6 is 0 Å². The summed E-state index contributed by atoms with van der Waals surface area (Å²) in [6, 6.07) is 8.87. The number of aliphatic imine (C=N–C) groups is 1. The number of aromatic nitrogens is 2. The molecule has 0 saturated carbocycles. The van der Waals surface area contributed by atoms with Gasteiger partial charge in [0.25, 0.3) is 5.91 Å². The Morgan fingerprint density at radius 2 is 1.88 bits per heavy atom. The first-order valence-corrected chi connectivity index (χ1v) is 11.8. The largest absolute Gasteiger partial charge is 0.402 e. The van der Waals surface area contributed by atoms with E-state index in [-0.39, 0.29) is 18.5 Å². The van der Waals surface area contributed by atoms with Crippen LogP contribution in [0.3, 0.4) is 0 Å². The number of carbonyl (C=O) groups excluding carboxylic acids is 2. The Morgan fingerprint density at radius 3 is 2.62 bits per heavy atom. The van der Waals surface area contributed by atoms with Gasteiger partial charge in [0.2, 0.25) is 11.9 Å². The Balaban J connectivity index is 1.40. The molecule has 2 aromatic rings. The van der Waals surface area contributed by atoms with Gasteiger partial charge >= 0.3 is 12.0 Å². The van der Waals surface area contributed by atoms with Crippen molar-refractivity contribution in [2.75, 3.05) is 46.4 Å². The van der Waals surface area contributed by atoms with Gasteiger partial charge in [-0.2, -0.15) is 0 Å². The van der Waals surface area contributed by atoms with Gasteiger partial charge in [-0.3, -0.25) is 19.5 Å². The number of fused-ring (bicyclic) bond motifs is 3. The monoisotopic (exact) mass is 463 g/mol. The average Bonchev–Trinajstić information content (AvgIpc) is 3.35. The van der Waals surface area contributed by atoms with Gasteiger partial charge < -0.3 is 4.74 Å². The second-order valence-electron chi connectivity index (χ2n) is 8.92. The summed E-state index contributed by atoms with van der Waals surface area (Å²) in [6.07, 6.45) is 3.78. The minimum Gasteiger partial charge on any atom is -0.379 e. The van der Waals surface area contributed by atoms with Crippen molar-refractivity contribution in [3.63, 3.8) is 0 Å². The molecule has 1 aromatic carbocycles. The SMILES string of the molecule is Cc1c(C)[n+](CCN2CCOCC2)c2n1C1C(=O)N(C/C=C/c3ccccc3)C(=O)N(C)C1=N2. The van der Waals surface area contributed by atoms with Gasteiger partial charge in [0.1, 0.15) is 11.4 Å². The Kier molecular flexibility index (Phi) is 6.05. The lowest BCUT2D eigenvalue weighted by Gasteiger charge is -2.32. The van der Waals surface area contributed by atoms with Crippen molar-refractivity contribution >= 4 is 29.8 Å². The number of carbonyl (C=O) groups is 2. The van der Waals surface area contributed by atoms with Crippen LogP contribution < -0.4 is 4.57 Å². The molecule has 9 heteroatoms. The zero-order valence-electron chi connectivity index (χ0n) is 20.0. The van der Waals surface area contributed by atoms with E-state index in [2.05, 4.69) is 16.4 Å². The highest BCUT2D eigenvalue weighted by Gasteiger charge is 2.53. The molecule has 178 valence electrons. The van der Waals surface area contributed by atoms with Crippen molar-refractivity contribution in [3.05, 3.63) is 53.4 Å². The van der Waals surface area contributed by atoms with E-state index < -0.39 is 6.04 Å². The van der Waals surface area contributed by atoms with E-state index in [1.54, 1.807) is 7.05 Å². The molecule has 0 radical (unpaired) electrons. The molecule has 3 aliphatic heterocycles. The molecule has 0 bridgehead atoms. The van der Waals surface area contributed by atoms with E-state index in [0.29, 0.717) is 5.84 Å². The summed E-state index contributed by atoms with van der Waals surface area (Å²) in [5.74, 6) is 0.992. The number of nitrogens with zero attached hydrogens (tertiary/aromatic N) is 6. The summed E-state index contributed by atoms with van der Waals surface area (Å²) in [4.78, 5) is 36.6. The minimum atomic E-state index is -0.619. The summed E-state index contributed by atoms with van der Waals surface area (Å²) >= 11 is 0. The number of hydrogen-bond donors (Lipinski definition) is 0. The molecule has 1 atom stereocenters. The van der Waals surface area contributed by atoms with Crippen molar-refractivity contribution < 1.29 is 18.9 Å². The van der Waals surface area contributed by atoms with Crippen molar-refractivity contribution in [2.45, 2.75) is 26.4 Å². The highest BCUT2D eigenvalue weighted by molar-refractivity contribution is 6.20. The third-order valence-corrected chi connectivity index (χ3v) is 6.97. The number of morpholine rings is 1. The Bertz CT molecular complexity index is 1160. The van der Waals surface area contributed by atoms with Crippen LogP contribution in [0.25, 0.3) is 6.08 Å². The molecule has 0 N–H and O–H groups in total. The summed E-state index contributed by atoms with van der Waals surface area (Å²) in [7, 11) is 1.70. The molecular weight excluding hydrogens is 432 g/mol. The highest BCUT2D eigenvalue weighted by Crippen LogP contribution is 2.35. The molecule has 4 heterocycles. The lowest BCUT2D eigenvalue weighted by molar-refractivity contribution is -0.688. The van der Waals surface area contributed by atoms with Crippen molar-refractivity contribution in [1.29, 1.82) is 0 Å². The van der Waals surface area contributed by atoms with Crippen molar-refractivity contribution in [1.82, 2.24) is 19.3 Å². The standard InChI is InChI=1S/C25H31N6O3/c1-18-19(2)31-21-22(26-24(31)29(18)13-12-28-14-16-34-17-15-28)27(3)25(33)30(23(21)32)11-7-10-20-8-5-4-6-9-20/h4-10,21H,11-17H2,1-3H3/q+1/b10-7+. The lowest BCUT2D eigenvalue weighted by Crippen LogP contribution is -2.57. The first-order chi connectivity index (χ1) is 16.5. The van der Waals surface area contributed by atoms with Crippen LogP contribution in [0, 0.1) is 13.8 Å².